The molecule has 0 aromatic carbocycles. The van der Waals surface area contributed by atoms with E-state index in [1.54, 1.807) is 0 Å². The predicted molar refractivity (Wildman–Crippen MR) is 299 cm³/mol. The van der Waals surface area contributed by atoms with Crippen LogP contribution in [0.4, 0.5) is 0 Å². The molecule has 67 heavy (non-hydrogen) atoms. The van der Waals surface area contributed by atoms with Gasteiger partial charge in [-0.15, -0.1) is 11.6 Å². The van der Waals surface area contributed by atoms with Crippen LogP contribution >= 0.6 is 11.6 Å². The second-order valence-electron chi connectivity index (χ2n) is 20.2. The van der Waals surface area contributed by atoms with E-state index in [0.717, 1.165) is 57.7 Å². The summed E-state index contributed by atoms with van der Waals surface area (Å²) >= 11 is 6.14. The maximum Gasteiger partial charge on any atom is 0.305 e. The van der Waals surface area contributed by atoms with E-state index >= 15 is 0 Å². The van der Waals surface area contributed by atoms with Gasteiger partial charge in [0.1, 0.15) is 0 Å². The lowest BCUT2D eigenvalue weighted by atomic mass is 10.1. The van der Waals surface area contributed by atoms with Gasteiger partial charge >= 0.3 is 5.97 Å². The minimum Gasteiger partial charge on any atom is -0.466 e. The summed E-state index contributed by atoms with van der Waals surface area (Å²) in [5.74, 6) is 0.741. The van der Waals surface area contributed by atoms with Crippen molar-refractivity contribution in [2.45, 2.75) is 290 Å². The molecule has 0 radical (unpaired) electrons. The van der Waals surface area contributed by atoms with Crippen LogP contribution in [0.5, 0.6) is 0 Å². The first-order valence-corrected chi connectivity index (χ1v) is 30.4. The minimum atomic E-state index is -0.00289. The summed E-state index contributed by atoms with van der Waals surface area (Å²) in [6, 6.07) is 0. The molecule has 1 N–H and O–H groups in total. The van der Waals surface area contributed by atoms with E-state index in [1.807, 2.05) is 0 Å². The number of aliphatic hydroxyl groups is 1. The number of esters is 1. The highest BCUT2D eigenvalue weighted by atomic mass is 35.5. The third-order valence-electron chi connectivity index (χ3n) is 13.7. The highest BCUT2D eigenvalue weighted by Gasteiger charge is 2.07. The third-order valence-corrected chi connectivity index (χ3v) is 13.9. The van der Waals surface area contributed by atoms with Crippen LogP contribution in [0, 0.1) is 0 Å². The van der Waals surface area contributed by atoms with Gasteiger partial charge in [-0.2, -0.15) is 0 Å². The zero-order chi connectivity index (χ0) is 48.5. The fourth-order valence-electron chi connectivity index (χ4n) is 9.26. The van der Waals surface area contributed by atoms with Crippen molar-refractivity contribution >= 4 is 17.6 Å². The normalized spacial score (nSPS) is 12.1. The lowest BCUT2D eigenvalue weighted by molar-refractivity contribution is -0.143. The Balaban J connectivity index is 3.54. The molecule has 5 nitrogen and oxygen atoms in total. The summed E-state index contributed by atoms with van der Waals surface area (Å²) in [7, 11) is 0. The average molecular weight is 962 g/mol. The lowest BCUT2D eigenvalue weighted by Crippen LogP contribution is -2.29. The van der Waals surface area contributed by atoms with Gasteiger partial charge in [-0.25, -0.2) is 0 Å². The van der Waals surface area contributed by atoms with Crippen LogP contribution in [0.1, 0.15) is 290 Å². The Kier molecular flexibility index (Phi) is 58.2. The van der Waals surface area contributed by atoms with Crippen LogP contribution in [-0.4, -0.2) is 79.2 Å². The molecule has 0 spiro atoms. The monoisotopic (exact) mass is 961 g/mol. The van der Waals surface area contributed by atoms with E-state index in [9.17, 15) is 9.90 Å². The number of unbranched alkanes of at least 4 members (excludes halogenated alkanes) is 35. The van der Waals surface area contributed by atoms with Crippen molar-refractivity contribution in [2.75, 3.05) is 58.4 Å². The van der Waals surface area contributed by atoms with Crippen LogP contribution in [-0.2, 0) is 9.53 Å². The number of rotatable bonds is 57. The summed E-state index contributed by atoms with van der Waals surface area (Å²) in [5.41, 5.74) is 0. The molecule has 0 atom stereocenters. The van der Waals surface area contributed by atoms with E-state index in [4.69, 9.17) is 16.3 Å². The minimum absolute atomic E-state index is 0.00289. The number of hydrogen-bond acceptors (Lipinski definition) is 5. The van der Waals surface area contributed by atoms with Crippen LogP contribution in [0.3, 0.4) is 0 Å². The largest absolute Gasteiger partial charge is 0.466 e. The van der Waals surface area contributed by atoms with Crippen LogP contribution in [0.25, 0.3) is 0 Å². The molecule has 0 rings (SSSR count). The maximum absolute atomic E-state index is 12.2. The van der Waals surface area contributed by atoms with Gasteiger partial charge in [0.15, 0.2) is 0 Å². The summed E-state index contributed by atoms with van der Waals surface area (Å²) < 4.78 is 5.53. The number of carbonyl (C=O) groups excluding carboxylic acids is 1. The quantitative estimate of drug-likeness (QED) is 0.0285. The molecule has 0 aliphatic heterocycles. The first-order chi connectivity index (χ1) is 33.2. The van der Waals surface area contributed by atoms with Crippen molar-refractivity contribution in [1.29, 1.82) is 0 Å². The summed E-state index contributed by atoms with van der Waals surface area (Å²) in [5, 5.41) is 9.56. The molecule has 0 bridgehead atoms. The Morgan fingerprint density at radius 1 is 0.388 bits per heavy atom. The fraction of sp³-hybridized carbons (Fsp3) is 0.885. The van der Waals surface area contributed by atoms with Crippen LogP contribution in [0.2, 0.25) is 0 Å². The number of aliphatic hydroxyl groups excluding tert-OH is 1. The number of carbonyl (C=O) groups is 1. The Labute approximate surface area is 424 Å². The van der Waals surface area contributed by atoms with Crippen molar-refractivity contribution in [3.63, 3.8) is 0 Å². The second-order valence-corrected chi connectivity index (χ2v) is 20.6. The molecule has 396 valence electrons. The maximum atomic E-state index is 12.2. The molecular formula is C61H117ClN2O3. The highest BCUT2D eigenvalue weighted by molar-refractivity contribution is 6.18. The second kappa shape index (κ2) is 59.2. The van der Waals surface area contributed by atoms with Crippen molar-refractivity contribution in [1.82, 2.24) is 9.80 Å². The van der Waals surface area contributed by atoms with Gasteiger partial charge in [-0.3, -0.25) is 4.79 Å². The summed E-state index contributed by atoms with van der Waals surface area (Å²) in [6.45, 7) is 11.9. The van der Waals surface area contributed by atoms with Gasteiger partial charge in [-0.05, 0) is 122 Å². The van der Waals surface area contributed by atoms with E-state index in [0.29, 0.717) is 13.0 Å². The fourth-order valence-corrected chi connectivity index (χ4v) is 9.50. The first-order valence-electron chi connectivity index (χ1n) is 29.9. The Bertz CT molecular complexity index is 1030. The first kappa shape index (κ1) is 65.9. The van der Waals surface area contributed by atoms with Gasteiger partial charge < -0.3 is 19.6 Å². The van der Waals surface area contributed by atoms with E-state index in [-0.39, 0.29) is 12.6 Å². The van der Waals surface area contributed by atoms with Crippen LogP contribution < -0.4 is 0 Å². The molecule has 0 aromatic heterocycles. The molecule has 0 saturated heterocycles. The smallest absolute Gasteiger partial charge is 0.305 e. The zero-order valence-corrected chi connectivity index (χ0v) is 46.0. The van der Waals surface area contributed by atoms with E-state index < -0.39 is 0 Å². The van der Waals surface area contributed by atoms with Gasteiger partial charge in [0.05, 0.1) is 13.2 Å². The van der Waals surface area contributed by atoms with Crippen molar-refractivity contribution in [3.8, 4) is 0 Å². The molecular weight excluding hydrogens is 844 g/mol. The molecule has 0 heterocycles. The van der Waals surface area contributed by atoms with Crippen molar-refractivity contribution < 1.29 is 14.6 Å². The van der Waals surface area contributed by atoms with Crippen LogP contribution in [0.15, 0.2) is 36.5 Å². The lowest BCUT2D eigenvalue weighted by Gasteiger charge is -2.21. The van der Waals surface area contributed by atoms with Gasteiger partial charge in [0.2, 0.25) is 0 Å². The molecule has 0 unspecified atom stereocenters. The Morgan fingerprint density at radius 3 is 1.10 bits per heavy atom. The molecule has 0 aliphatic rings. The van der Waals surface area contributed by atoms with Crippen molar-refractivity contribution in [2.24, 2.45) is 0 Å². The zero-order valence-electron chi connectivity index (χ0n) is 45.3. The number of ether oxygens (including phenoxy) is 1. The Hall–Kier alpha value is -1.14. The van der Waals surface area contributed by atoms with Gasteiger partial charge in [0, 0.05) is 25.4 Å². The number of alkyl halides is 1. The SMILES string of the molecule is CCCCC/C=C\C/C=C\CCCCCCCCN(CCCl)CCCCCCCCCCCOC(=O)CCCCCCCCCN(CCO)CCCCCCCC/C=C\CCCCCCCC. The number of allylic oxidation sites excluding steroid dienone is 6. The molecule has 6 heteroatoms. The summed E-state index contributed by atoms with van der Waals surface area (Å²) in [6.07, 6.45) is 69.1. The molecule has 0 aliphatic carbocycles. The molecule has 0 saturated carbocycles. The van der Waals surface area contributed by atoms with Crippen molar-refractivity contribution in [3.05, 3.63) is 36.5 Å². The van der Waals surface area contributed by atoms with Gasteiger partial charge in [-0.1, -0.05) is 224 Å². The highest BCUT2D eigenvalue weighted by Crippen LogP contribution is 2.15. The van der Waals surface area contributed by atoms with E-state index in [1.165, 1.54) is 257 Å². The van der Waals surface area contributed by atoms with E-state index in [2.05, 4.69) is 60.1 Å². The molecule has 0 amide bonds. The van der Waals surface area contributed by atoms with Gasteiger partial charge in [0.25, 0.3) is 0 Å². The topological polar surface area (TPSA) is 53.0 Å². The third kappa shape index (κ3) is 55.7. The molecule has 0 aromatic rings. The Morgan fingerprint density at radius 2 is 0.701 bits per heavy atom. The summed E-state index contributed by atoms with van der Waals surface area (Å²) in [4.78, 5) is 17.3. The standard InChI is InChI=1S/C61H117ClN2O3/c1-3-5-7-9-11-13-15-17-19-21-23-25-28-34-40-46-53-63(57-52-62)54-47-41-35-30-27-31-38-44-50-60-67-61(66)51-45-39-33-32-37-43-49-56-64(58-59-65)55-48-42-36-29-26-24-22-20-18-16-14-12-10-8-6-4-2/h11,13,17-20,65H,3-10,12,14-16,21-60H2,1-2H3/b13-11-,19-17-,20-18-. The number of halogens is 1. The molecule has 0 fully saturated rings. The number of nitrogens with zero attached hydrogens (tertiary/aromatic N) is 2. The number of hydrogen-bond donors (Lipinski definition) is 1. The predicted octanol–water partition coefficient (Wildman–Crippen LogP) is 18.8. The average Bonchev–Trinajstić information content (AvgIpc) is 3.33.